The Balaban J connectivity index is 2.10. The second kappa shape index (κ2) is 9.50. The summed E-state index contributed by atoms with van der Waals surface area (Å²) in [7, 11) is 1.48. The molecule has 0 radical (unpaired) electrons. The van der Waals surface area contributed by atoms with Crippen LogP contribution in [0.4, 0.5) is 24.8 Å². The van der Waals surface area contributed by atoms with Crippen molar-refractivity contribution in [1.29, 1.82) is 0 Å². The number of hydrogen-bond donors (Lipinski definition) is 1. The lowest BCUT2D eigenvalue weighted by atomic mass is 10.2. The Morgan fingerprint density at radius 2 is 1.84 bits per heavy atom. The molecule has 0 bridgehead atoms. The van der Waals surface area contributed by atoms with Crippen LogP contribution in [0.5, 0.6) is 5.75 Å². The number of hydrogen-bond acceptors (Lipinski definition) is 7. The van der Waals surface area contributed by atoms with Gasteiger partial charge < -0.3 is 14.8 Å². The number of carbonyl (C=O) groups is 1. The molecule has 168 valence electrons. The molecule has 2 aromatic carbocycles. The number of carbonyl (C=O) groups excluding carboxylic acids is 1. The van der Waals surface area contributed by atoms with Gasteiger partial charge in [-0.15, -0.1) is 0 Å². The van der Waals surface area contributed by atoms with Gasteiger partial charge in [0.25, 0.3) is 0 Å². The summed E-state index contributed by atoms with van der Waals surface area (Å²) in [5.41, 5.74) is -0.311. The number of benzene rings is 2. The topological polar surface area (TPSA) is 95.3 Å². The Labute approximate surface area is 180 Å². The molecule has 0 aliphatic carbocycles. The number of anilines is 2. The van der Waals surface area contributed by atoms with Crippen molar-refractivity contribution >= 4 is 17.6 Å². The monoisotopic (exact) mass is 448 g/mol. The van der Waals surface area contributed by atoms with Crippen LogP contribution >= 0.6 is 0 Å². The average Bonchev–Trinajstić information content (AvgIpc) is 2.75. The fourth-order valence-corrected chi connectivity index (χ4v) is 2.80. The van der Waals surface area contributed by atoms with Gasteiger partial charge in [-0.3, -0.25) is 4.79 Å². The first-order valence-electron chi connectivity index (χ1n) is 9.44. The van der Waals surface area contributed by atoms with Crippen LogP contribution in [0.3, 0.4) is 0 Å². The third kappa shape index (κ3) is 4.88. The molecule has 11 heteroatoms. The summed E-state index contributed by atoms with van der Waals surface area (Å²) in [4.78, 5) is 28.3. The molecule has 3 aromatic rings. The number of methoxy groups -OCH3 is 1. The third-order valence-electron chi connectivity index (χ3n) is 4.41. The molecule has 1 aromatic heterocycles. The van der Waals surface area contributed by atoms with E-state index in [4.69, 9.17) is 9.47 Å². The summed E-state index contributed by atoms with van der Waals surface area (Å²) in [5, 5.41) is 6.88. The number of rotatable bonds is 7. The van der Waals surface area contributed by atoms with Crippen molar-refractivity contribution in [2.45, 2.75) is 20.4 Å². The number of esters is 1. The van der Waals surface area contributed by atoms with Crippen molar-refractivity contribution in [1.82, 2.24) is 14.8 Å². The number of nitrogens with one attached hydrogen (secondary N) is 1. The molecule has 1 heterocycles. The highest BCUT2D eigenvalue weighted by Crippen LogP contribution is 2.24. The Hall–Kier alpha value is -3.89. The molecule has 0 spiro atoms. The first-order valence-corrected chi connectivity index (χ1v) is 9.44. The molecule has 0 saturated carbocycles. The highest BCUT2D eigenvalue weighted by molar-refractivity contribution is 5.86. The van der Waals surface area contributed by atoms with Crippen LogP contribution in [-0.4, -0.2) is 34.5 Å². The van der Waals surface area contributed by atoms with Gasteiger partial charge in [0.1, 0.15) is 5.75 Å². The number of ether oxygens (including phenoxy) is 2. The van der Waals surface area contributed by atoms with E-state index >= 15 is 0 Å². The van der Waals surface area contributed by atoms with E-state index in [9.17, 15) is 22.8 Å². The molecule has 0 unspecified atom stereocenters. The zero-order valence-electron chi connectivity index (χ0n) is 17.4. The summed E-state index contributed by atoms with van der Waals surface area (Å²) in [6.07, 6.45) is 0. The van der Waals surface area contributed by atoms with Crippen molar-refractivity contribution in [2.24, 2.45) is 0 Å². The van der Waals surface area contributed by atoms with Gasteiger partial charge in [-0.25, -0.2) is 22.6 Å². The Morgan fingerprint density at radius 3 is 2.47 bits per heavy atom. The minimum Gasteiger partial charge on any atom is -0.497 e. The van der Waals surface area contributed by atoms with Crippen LogP contribution in [0.25, 0.3) is 0 Å². The molecule has 0 aliphatic heterocycles. The minimum atomic E-state index is -1.61. The van der Waals surface area contributed by atoms with Gasteiger partial charge in [-0.2, -0.15) is 10.1 Å². The molecule has 0 aliphatic rings. The van der Waals surface area contributed by atoms with Gasteiger partial charge >= 0.3 is 11.5 Å². The summed E-state index contributed by atoms with van der Waals surface area (Å²) in [6.45, 7) is 3.00. The summed E-state index contributed by atoms with van der Waals surface area (Å²) in [5.74, 6) is -5.00. The molecule has 0 atom stereocenters. The van der Waals surface area contributed by atoms with Crippen LogP contribution in [0.2, 0.25) is 0 Å². The van der Waals surface area contributed by atoms with E-state index < -0.39 is 34.7 Å². The fraction of sp³-hybridized carbons (Fsp3) is 0.238. The van der Waals surface area contributed by atoms with E-state index in [1.165, 1.54) is 7.11 Å². The van der Waals surface area contributed by atoms with E-state index in [1.807, 2.05) is 0 Å². The third-order valence-corrected chi connectivity index (χ3v) is 4.41. The van der Waals surface area contributed by atoms with E-state index in [0.717, 1.165) is 22.4 Å². The number of aryl methyl sites for hydroxylation is 1. The fourth-order valence-electron chi connectivity index (χ4n) is 2.80. The van der Waals surface area contributed by atoms with Gasteiger partial charge in [0.2, 0.25) is 11.6 Å². The van der Waals surface area contributed by atoms with Crippen LogP contribution in [0, 0.1) is 24.4 Å². The van der Waals surface area contributed by atoms with Crippen LogP contribution in [0.15, 0.2) is 35.1 Å². The molecular weight excluding hydrogens is 429 g/mol. The zero-order chi connectivity index (χ0) is 23.4. The largest absolute Gasteiger partial charge is 0.497 e. The SMILES string of the molecule is CCOC(=O)c1nn(Cc2cc(F)c(F)c(F)c2)c(Nc2cc(OC)ccc2C)nc1=O. The molecule has 0 amide bonds. The lowest BCUT2D eigenvalue weighted by Gasteiger charge is -2.16. The molecule has 32 heavy (non-hydrogen) atoms. The lowest BCUT2D eigenvalue weighted by molar-refractivity contribution is 0.0514. The van der Waals surface area contributed by atoms with Crippen LogP contribution < -0.4 is 15.6 Å². The maximum Gasteiger partial charge on any atom is 0.364 e. The van der Waals surface area contributed by atoms with E-state index in [1.54, 1.807) is 32.0 Å². The summed E-state index contributed by atoms with van der Waals surface area (Å²) in [6, 6.07) is 6.69. The number of aromatic nitrogens is 3. The van der Waals surface area contributed by atoms with Crippen molar-refractivity contribution in [2.75, 3.05) is 19.0 Å². The molecule has 3 rings (SSSR count). The first kappa shape index (κ1) is 22.8. The predicted molar refractivity (Wildman–Crippen MR) is 109 cm³/mol. The Bertz CT molecular complexity index is 1210. The van der Waals surface area contributed by atoms with Crippen molar-refractivity contribution in [3.05, 3.63) is 75.0 Å². The standard InChI is InChI=1S/C21H19F3N4O4/c1-4-32-20(30)18-19(29)26-21(25-16-9-13(31-3)6-5-11(16)2)28(27-18)10-12-7-14(22)17(24)15(23)8-12/h5-9H,4,10H2,1-3H3,(H,25,26,29). The highest BCUT2D eigenvalue weighted by atomic mass is 19.2. The normalized spacial score (nSPS) is 10.7. The van der Waals surface area contributed by atoms with E-state index in [0.29, 0.717) is 11.4 Å². The smallest absolute Gasteiger partial charge is 0.364 e. The molecular formula is C21H19F3N4O4. The van der Waals surface area contributed by atoms with Gasteiger partial charge in [-0.05, 0) is 43.2 Å². The van der Waals surface area contributed by atoms with Crippen LogP contribution in [-0.2, 0) is 11.3 Å². The zero-order valence-corrected chi connectivity index (χ0v) is 17.4. The second-order valence-electron chi connectivity index (χ2n) is 6.65. The lowest BCUT2D eigenvalue weighted by Crippen LogP contribution is -2.28. The summed E-state index contributed by atoms with van der Waals surface area (Å²) >= 11 is 0. The Kier molecular flexibility index (Phi) is 6.76. The van der Waals surface area contributed by atoms with E-state index in [2.05, 4.69) is 15.4 Å². The Morgan fingerprint density at radius 1 is 1.16 bits per heavy atom. The van der Waals surface area contributed by atoms with Crippen molar-refractivity contribution < 1.29 is 27.4 Å². The maximum absolute atomic E-state index is 13.7. The van der Waals surface area contributed by atoms with Crippen molar-refractivity contribution in [3.63, 3.8) is 0 Å². The number of nitrogens with zero attached hydrogens (tertiary/aromatic N) is 3. The molecule has 8 nitrogen and oxygen atoms in total. The molecule has 0 fully saturated rings. The average molecular weight is 448 g/mol. The van der Waals surface area contributed by atoms with Gasteiger partial charge in [0, 0.05) is 11.8 Å². The minimum absolute atomic E-state index is 0.00263. The second-order valence-corrected chi connectivity index (χ2v) is 6.65. The first-order chi connectivity index (χ1) is 15.2. The number of halogens is 3. The quantitative estimate of drug-likeness (QED) is 0.438. The molecule has 0 saturated heterocycles. The van der Waals surface area contributed by atoms with Crippen LogP contribution in [0.1, 0.15) is 28.5 Å². The van der Waals surface area contributed by atoms with E-state index in [-0.39, 0.29) is 24.7 Å². The predicted octanol–water partition coefficient (Wildman–Crippen LogP) is 3.34. The van der Waals surface area contributed by atoms with Crippen molar-refractivity contribution in [3.8, 4) is 5.75 Å². The maximum atomic E-state index is 13.7. The van der Waals surface area contributed by atoms with Gasteiger partial charge in [-0.1, -0.05) is 6.07 Å². The van der Waals surface area contributed by atoms with Gasteiger partial charge in [0.15, 0.2) is 17.5 Å². The summed E-state index contributed by atoms with van der Waals surface area (Å²) < 4.78 is 51.8. The molecule has 1 N–H and O–H groups in total. The van der Waals surface area contributed by atoms with Gasteiger partial charge in [0.05, 0.1) is 20.3 Å². The highest BCUT2D eigenvalue weighted by Gasteiger charge is 2.20.